The van der Waals surface area contributed by atoms with Gasteiger partial charge in [0.05, 0.1) is 0 Å². The lowest BCUT2D eigenvalue weighted by Gasteiger charge is -2.23. The lowest BCUT2D eigenvalue weighted by Crippen LogP contribution is -2.23. The Hall–Kier alpha value is 0.0125. The van der Waals surface area contributed by atoms with E-state index in [4.69, 9.17) is 0 Å². The van der Waals surface area contributed by atoms with E-state index < -0.39 is 14.1 Å². The van der Waals surface area contributed by atoms with E-state index in [1.165, 1.54) is 16.1 Å². The van der Waals surface area contributed by atoms with E-state index in [2.05, 4.69) is 54.5 Å². The van der Waals surface area contributed by atoms with Crippen molar-refractivity contribution in [3.05, 3.63) is 22.8 Å². The van der Waals surface area contributed by atoms with Gasteiger partial charge in [0.2, 0.25) is 0 Å². The Balaban J connectivity index is 2.85. The standard InChI is InChI=1S/C8H11.2C4H9.Al/c1-6-4-5-7(2)8(6)3;2*1-4(2)3;/h4-5H,1-3H3;2*4H,1H2,2-3H3;. The molecule has 1 heteroatoms. The van der Waals surface area contributed by atoms with Crippen LogP contribution in [0.25, 0.3) is 0 Å². The molecule has 0 fully saturated rings. The zero-order valence-electron chi connectivity index (χ0n) is 12.8. The first-order valence-corrected chi connectivity index (χ1v) is 9.49. The molecule has 1 unspecified atom stereocenters. The first-order chi connectivity index (χ1) is 7.82. The van der Waals surface area contributed by atoms with Crippen molar-refractivity contribution in [2.24, 2.45) is 11.8 Å². The van der Waals surface area contributed by atoms with Crippen LogP contribution in [0.5, 0.6) is 0 Å². The number of hydrogen-bond acceptors (Lipinski definition) is 0. The summed E-state index contributed by atoms with van der Waals surface area (Å²) < 4.78 is 0.847. The summed E-state index contributed by atoms with van der Waals surface area (Å²) in [6, 6.07) is 0. The van der Waals surface area contributed by atoms with E-state index in [0.29, 0.717) is 0 Å². The van der Waals surface area contributed by atoms with Gasteiger partial charge in [-0.2, -0.15) is 0 Å². The fourth-order valence-corrected chi connectivity index (χ4v) is 7.89. The van der Waals surface area contributed by atoms with Gasteiger partial charge < -0.3 is 0 Å². The van der Waals surface area contributed by atoms with Crippen LogP contribution in [-0.2, 0) is 0 Å². The zero-order chi connectivity index (χ0) is 13.2. The molecule has 0 aromatic carbocycles. The van der Waals surface area contributed by atoms with E-state index in [-0.39, 0.29) is 0 Å². The van der Waals surface area contributed by atoms with Gasteiger partial charge in [-0.3, -0.25) is 0 Å². The Bertz CT molecular complexity index is 310. The first kappa shape index (κ1) is 15.1. The van der Waals surface area contributed by atoms with E-state index in [9.17, 15) is 0 Å². The third kappa shape index (κ3) is 4.01. The highest BCUT2D eigenvalue weighted by Crippen LogP contribution is 2.40. The van der Waals surface area contributed by atoms with Crippen LogP contribution < -0.4 is 0 Å². The molecule has 0 aromatic heterocycles. The smallest absolute Gasteiger partial charge is 0.0909 e. The summed E-state index contributed by atoms with van der Waals surface area (Å²) in [7, 11) is 0. The van der Waals surface area contributed by atoms with Crippen molar-refractivity contribution >= 4 is 14.1 Å². The van der Waals surface area contributed by atoms with Crippen LogP contribution in [0.3, 0.4) is 0 Å². The Labute approximate surface area is 113 Å². The lowest BCUT2D eigenvalue weighted by molar-refractivity contribution is 0.684. The number of rotatable bonds is 5. The van der Waals surface area contributed by atoms with Crippen molar-refractivity contribution in [3.63, 3.8) is 0 Å². The van der Waals surface area contributed by atoms with Crippen molar-refractivity contribution in [3.8, 4) is 0 Å². The zero-order valence-corrected chi connectivity index (χ0v) is 14.0. The van der Waals surface area contributed by atoms with Gasteiger partial charge in [-0.1, -0.05) is 72.9 Å². The summed E-state index contributed by atoms with van der Waals surface area (Å²) in [5.74, 6) is 1.74. The maximum absolute atomic E-state index is 2.58. The topological polar surface area (TPSA) is 0 Å². The van der Waals surface area contributed by atoms with Gasteiger partial charge in [0.15, 0.2) is 0 Å². The van der Waals surface area contributed by atoms with Gasteiger partial charge in [0.1, 0.15) is 0 Å². The van der Waals surface area contributed by atoms with Crippen LogP contribution >= 0.6 is 0 Å². The minimum atomic E-state index is -0.671. The summed E-state index contributed by atoms with van der Waals surface area (Å²) in [5, 5.41) is 2.99. The van der Waals surface area contributed by atoms with Gasteiger partial charge in [0.25, 0.3) is 14.1 Å². The molecule has 1 aliphatic rings. The van der Waals surface area contributed by atoms with E-state index in [1.54, 1.807) is 11.1 Å². The molecule has 0 amide bonds. The SMILES string of the molecule is CC1=C[CH]([Al]([CH2]C(C)C)[CH2]C(C)C)C(C)=C1C. The van der Waals surface area contributed by atoms with Crippen LogP contribution in [0.15, 0.2) is 22.8 Å². The second-order valence-corrected chi connectivity index (χ2v) is 9.88. The molecule has 0 bridgehead atoms. The molecule has 96 valence electrons. The van der Waals surface area contributed by atoms with Crippen molar-refractivity contribution in [2.75, 3.05) is 0 Å². The highest BCUT2D eigenvalue weighted by Gasteiger charge is 2.32. The minimum Gasteiger partial charge on any atom is -0.0909 e. The molecular weight excluding hydrogens is 219 g/mol. The summed E-state index contributed by atoms with van der Waals surface area (Å²) in [6.45, 7) is 16.5. The predicted octanol–water partition coefficient (Wildman–Crippen LogP) is 5.46. The van der Waals surface area contributed by atoms with Crippen LogP contribution in [-0.4, -0.2) is 14.1 Å². The summed E-state index contributed by atoms with van der Waals surface area (Å²) >= 11 is -0.671. The maximum atomic E-state index is 2.58. The van der Waals surface area contributed by atoms with Crippen molar-refractivity contribution in [2.45, 2.75) is 63.8 Å². The van der Waals surface area contributed by atoms with Crippen molar-refractivity contribution in [1.82, 2.24) is 0 Å². The van der Waals surface area contributed by atoms with Gasteiger partial charge in [-0.15, -0.1) is 0 Å². The lowest BCUT2D eigenvalue weighted by atomic mass is 10.1. The molecular formula is C16H29Al. The second-order valence-electron chi connectivity index (χ2n) is 6.70. The Morgan fingerprint density at radius 2 is 1.47 bits per heavy atom. The fraction of sp³-hybridized carbons (Fsp3) is 0.750. The normalized spacial score (nSPS) is 20.5. The van der Waals surface area contributed by atoms with Crippen molar-refractivity contribution in [1.29, 1.82) is 0 Å². The molecule has 0 aromatic rings. The van der Waals surface area contributed by atoms with E-state index >= 15 is 0 Å². The first-order valence-electron chi connectivity index (χ1n) is 7.19. The summed E-state index contributed by atoms with van der Waals surface area (Å²) in [4.78, 5) is 0. The molecule has 1 rings (SSSR count). The molecule has 0 radical (unpaired) electrons. The van der Waals surface area contributed by atoms with E-state index in [1.807, 2.05) is 0 Å². The van der Waals surface area contributed by atoms with Gasteiger partial charge in [-0.25, -0.2) is 0 Å². The average molecular weight is 248 g/mol. The maximum Gasteiger partial charge on any atom is 0.277 e. The van der Waals surface area contributed by atoms with Crippen LogP contribution in [0, 0.1) is 11.8 Å². The summed E-state index contributed by atoms with van der Waals surface area (Å²) in [5.41, 5.74) is 4.79. The second kappa shape index (κ2) is 6.26. The molecule has 0 spiro atoms. The monoisotopic (exact) mass is 248 g/mol. The fourth-order valence-electron chi connectivity index (χ4n) is 3.17. The molecule has 0 nitrogen and oxygen atoms in total. The van der Waals surface area contributed by atoms with E-state index in [0.717, 1.165) is 16.6 Å². The van der Waals surface area contributed by atoms with Gasteiger partial charge in [0, 0.05) is 0 Å². The molecule has 17 heavy (non-hydrogen) atoms. The quantitative estimate of drug-likeness (QED) is 0.567. The molecule has 0 saturated heterocycles. The van der Waals surface area contributed by atoms with Crippen LogP contribution in [0.1, 0.15) is 48.5 Å². The van der Waals surface area contributed by atoms with Gasteiger partial charge in [-0.05, 0) is 25.6 Å². The molecule has 0 N–H and O–H groups in total. The van der Waals surface area contributed by atoms with Crippen LogP contribution in [0.2, 0.25) is 15.3 Å². The minimum absolute atomic E-state index is 0.671. The summed E-state index contributed by atoms with van der Waals surface area (Å²) in [6.07, 6.45) is 2.58. The largest absolute Gasteiger partial charge is 0.277 e. The molecule has 0 aliphatic heterocycles. The Morgan fingerprint density at radius 3 is 1.76 bits per heavy atom. The molecule has 0 heterocycles. The number of hydrogen-bond donors (Lipinski definition) is 0. The molecule has 1 aliphatic carbocycles. The predicted molar refractivity (Wildman–Crippen MR) is 80.9 cm³/mol. The average Bonchev–Trinajstić information content (AvgIpc) is 2.43. The number of allylic oxidation sites excluding steroid dienone is 4. The molecule has 0 saturated carbocycles. The van der Waals surface area contributed by atoms with Crippen LogP contribution in [0.4, 0.5) is 0 Å². The Kier molecular flexibility index (Phi) is 5.55. The Morgan fingerprint density at radius 1 is 1.00 bits per heavy atom. The van der Waals surface area contributed by atoms with Gasteiger partial charge >= 0.3 is 0 Å². The highest BCUT2D eigenvalue weighted by molar-refractivity contribution is 6.62. The molecule has 1 atom stereocenters. The third-order valence-corrected chi connectivity index (χ3v) is 8.97. The third-order valence-electron chi connectivity index (χ3n) is 4.17. The highest BCUT2D eigenvalue weighted by atomic mass is 27.2. The van der Waals surface area contributed by atoms with Crippen molar-refractivity contribution < 1.29 is 0 Å².